The van der Waals surface area contributed by atoms with Crippen molar-refractivity contribution in [1.29, 1.82) is 0 Å². The molecule has 0 radical (unpaired) electrons. The molecule has 0 aromatic heterocycles. The van der Waals surface area contributed by atoms with Crippen LogP contribution in [0.4, 0.5) is 0 Å². The quantitative estimate of drug-likeness (QED) is 0.684. The number of ether oxygens (including phenoxy) is 1. The molecule has 1 aliphatic rings. The van der Waals surface area contributed by atoms with Crippen LogP contribution in [0, 0.1) is 0 Å². The average Bonchev–Trinajstić information content (AvgIpc) is 3.02. The fraction of sp³-hybridized carbons (Fsp3) is 0.188. The second kappa shape index (κ2) is 7.14. The fourth-order valence-electron chi connectivity index (χ4n) is 2.10. The van der Waals surface area contributed by atoms with Gasteiger partial charge in [0.05, 0.1) is 15.1 Å². The Balaban J connectivity index is 1.81. The molecule has 0 fully saturated rings. The van der Waals surface area contributed by atoms with Crippen molar-refractivity contribution in [3.8, 4) is 5.75 Å². The molecule has 2 aromatic rings. The average molecular weight is 373 g/mol. The molecule has 2 aromatic carbocycles. The number of thioether (sulfide) groups is 1. The summed E-state index contributed by atoms with van der Waals surface area (Å²) >= 11 is 20.4. The number of rotatable bonds is 4. The highest BCUT2D eigenvalue weighted by molar-refractivity contribution is 8.14. The SMILES string of the molecule is Clc1ccccc1COc1c(Cl)cc(C2=NCCS2)cc1Cl. The largest absolute Gasteiger partial charge is 0.486 e. The summed E-state index contributed by atoms with van der Waals surface area (Å²) in [6.07, 6.45) is 0. The molecule has 22 heavy (non-hydrogen) atoms. The molecular weight excluding hydrogens is 361 g/mol. The molecule has 0 saturated carbocycles. The Hall–Kier alpha value is -0.870. The van der Waals surface area contributed by atoms with Gasteiger partial charge in [0.25, 0.3) is 0 Å². The van der Waals surface area contributed by atoms with E-state index in [4.69, 9.17) is 39.5 Å². The van der Waals surface area contributed by atoms with Gasteiger partial charge in [0.1, 0.15) is 6.61 Å². The lowest BCUT2D eigenvalue weighted by Crippen LogP contribution is -1.99. The minimum Gasteiger partial charge on any atom is -0.486 e. The van der Waals surface area contributed by atoms with Gasteiger partial charge in [0.15, 0.2) is 5.75 Å². The maximum absolute atomic E-state index is 6.31. The van der Waals surface area contributed by atoms with Crippen LogP contribution >= 0.6 is 46.6 Å². The van der Waals surface area contributed by atoms with E-state index >= 15 is 0 Å². The summed E-state index contributed by atoms with van der Waals surface area (Å²) in [7, 11) is 0. The van der Waals surface area contributed by atoms with Crippen molar-refractivity contribution in [2.45, 2.75) is 6.61 Å². The topological polar surface area (TPSA) is 21.6 Å². The standard InChI is InChI=1S/C16H12Cl3NOS/c17-12-4-2-1-3-10(12)9-21-15-13(18)7-11(8-14(15)19)16-20-5-6-22-16/h1-4,7-8H,5-6,9H2. The van der Waals surface area contributed by atoms with Crippen LogP contribution in [-0.4, -0.2) is 17.3 Å². The van der Waals surface area contributed by atoms with Crippen molar-refractivity contribution in [3.63, 3.8) is 0 Å². The van der Waals surface area contributed by atoms with E-state index in [1.165, 1.54) is 0 Å². The minimum atomic E-state index is 0.314. The smallest absolute Gasteiger partial charge is 0.157 e. The predicted molar refractivity (Wildman–Crippen MR) is 96.1 cm³/mol. The van der Waals surface area contributed by atoms with Gasteiger partial charge in [-0.2, -0.15) is 0 Å². The maximum atomic E-state index is 6.31. The highest BCUT2D eigenvalue weighted by atomic mass is 35.5. The van der Waals surface area contributed by atoms with Gasteiger partial charge < -0.3 is 4.74 Å². The maximum Gasteiger partial charge on any atom is 0.157 e. The third kappa shape index (κ3) is 3.54. The zero-order chi connectivity index (χ0) is 15.5. The highest BCUT2D eigenvalue weighted by Gasteiger charge is 2.16. The lowest BCUT2D eigenvalue weighted by molar-refractivity contribution is 0.306. The van der Waals surface area contributed by atoms with Gasteiger partial charge in [-0.15, -0.1) is 11.8 Å². The summed E-state index contributed by atoms with van der Waals surface area (Å²) in [5.74, 6) is 1.46. The van der Waals surface area contributed by atoms with E-state index in [-0.39, 0.29) is 0 Å². The molecule has 0 N–H and O–H groups in total. The third-order valence-electron chi connectivity index (χ3n) is 3.16. The number of halogens is 3. The first-order chi connectivity index (χ1) is 10.6. The minimum absolute atomic E-state index is 0.314. The number of nitrogens with zero attached hydrogens (tertiary/aromatic N) is 1. The van der Waals surface area contributed by atoms with Crippen LogP contribution in [0.25, 0.3) is 0 Å². The van der Waals surface area contributed by atoms with Crippen LogP contribution in [0.1, 0.15) is 11.1 Å². The second-order valence-corrected chi connectivity index (χ2v) is 6.99. The Bertz CT molecular complexity index is 710. The van der Waals surface area contributed by atoms with Crippen molar-refractivity contribution >= 4 is 51.6 Å². The normalized spacial score (nSPS) is 14.0. The van der Waals surface area contributed by atoms with Gasteiger partial charge in [-0.1, -0.05) is 53.0 Å². The molecule has 0 saturated heterocycles. The number of hydrogen-bond acceptors (Lipinski definition) is 3. The van der Waals surface area contributed by atoms with Gasteiger partial charge in [-0.3, -0.25) is 4.99 Å². The van der Waals surface area contributed by atoms with Crippen molar-refractivity contribution < 1.29 is 4.74 Å². The molecule has 1 aliphatic heterocycles. The molecule has 0 atom stereocenters. The number of aliphatic imine (C=N–C) groups is 1. The Morgan fingerprint density at radius 3 is 2.41 bits per heavy atom. The summed E-state index contributed by atoms with van der Waals surface area (Å²) in [4.78, 5) is 4.43. The Kier molecular flexibility index (Phi) is 5.19. The van der Waals surface area contributed by atoms with Gasteiger partial charge in [0, 0.05) is 28.4 Å². The fourth-order valence-corrected chi connectivity index (χ4v) is 3.73. The molecular formula is C16H12Cl3NOS. The number of hydrogen-bond donors (Lipinski definition) is 0. The van der Waals surface area contributed by atoms with E-state index in [0.717, 1.165) is 28.5 Å². The molecule has 0 spiro atoms. The monoisotopic (exact) mass is 371 g/mol. The van der Waals surface area contributed by atoms with Crippen LogP contribution in [0.15, 0.2) is 41.4 Å². The van der Waals surface area contributed by atoms with E-state index in [9.17, 15) is 0 Å². The van der Waals surface area contributed by atoms with Gasteiger partial charge in [0.2, 0.25) is 0 Å². The van der Waals surface area contributed by atoms with Crippen molar-refractivity contribution in [3.05, 3.63) is 62.6 Å². The van der Waals surface area contributed by atoms with E-state index in [0.29, 0.717) is 27.4 Å². The zero-order valence-corrected chi connectivity index (χ0v) is 14.6. The summed E-state index contributed by atoms with van der Waals surface area (Å²) in [5.41, 5.74) is 1.82. The highest BCUT2D eigenvalue weighted by Crippen LogP contribution is 2.36. The molecule has 0 bridgehead atoms. The molecule has 0 unspecified atom stereocenters. The zero-order valence-electron chi connectivity index (χ0n) is 11.5. The Morgan fingerprint density at radius 1 is 1.05 bits per heavy atom. The molecule has 6 heteroatoms. The molecule has 3 rings (SSSR count). The van der Waals surface area contributed by atoms with E-state index in [1.807, 2.05) is 36.4 Å². The lowest BCUT2D eigenvalue weighted by Gasteiger charge is -2.12. The predicted octanol–water partition coefficient (Wildman–Crippen LogP) is 5.72. The van der Waals surface area contributed by atoms with E-state index in [2.05, 4.69) is 4.99 Å². The van der Waals surface area contributed by atoms with E-state index in [1.54, 1.807) is 11.8 Å². The van der Waals surface area contributed by atoms with Crippen molar-refractivity contribution in [1.82, 2.24) is 0 Å². The lowest BCUT2D eigenvalue weighted by atomic mass is 10.2. The molecule has 0 aliphatic carbocycles. The first-order valence-electron chi connectivity index (χ1n) is 6.68. The summed E-state index contributed by atoms with van der Waals surface area (Å²) in [6.45, 7) is 1.15. The summed E-state index contributed by atoms with van der Waals surface area (Å²) in [5, 5.41) is 2.58. The van der Waals surface area contributed by atoms with Crippen molar-refractivity contribution in [2.24, 2.45) is 4.99 Å². The van der Waals surface area contributed by atoms with Crippen LogP contribution in [0.3, 0.4) is 0 Å². The summed E-state index contributed by atoms with van der Waals surface area (Å²) in [6, 6.07) is 11.2. The van der Waals surface area contributed by atoms with E-state index < -0.39 is 0 Å². The van der Waals surface area contributed by atoms with Gasteiger partial charge in [-0.25, -0.2) is 0 Å². The van der Waals surface area contributed by atoms with Crippen molar-refractivity contribution in [2.75, 3.05) is 12.3 Å². The molecule has 114 valence electrons. The third-order valence-corrected chi connectivity index (χ3v) is 5.12. The van der Waals surface area contributed by atoms with Crippen LogP contribution in [0.2, 0.25) is 15.1 Å². The van der Waals surface area contributed by atoms with Gasteiger partial charge in [-0.05, 0) is 18.2 Å². The van der Waals surface area contributed by atoms with Crippen LogP contribution < -0.4 is 4.74 Å². The second-order valence-electron chi connectivity index (χ2n) is 4.68. The van der Waals surface area contributed by atoms with Crippen LogP contribution in [-0.2, 0) is 6.61 Å². The molecule has 1 heterocycles. The summed E-state index contributed by atoms with van der Waals surface area (Å²) < 4.78 is 5.76. The van der Waals surface area contributed by atoms with Crippen LogP contribution in [0.5, 0.6) is 5.75 Å². The Morgan fingerprint density at radius 2 is 1.77 bits per heavy atom. The molecule has 2 nitrogen and oxygen atoms in total. The van der Waals surface area contributed by atoms with Gasteiger partial charge >= 0.3 is 0 Å². The number of benzene rings is 2. The first kappa shape index (κ1) is 16.0. The first-order valence-corrected chi connectivity index (χ1v) is 8.80. The Labute approximate surface area is 148 Å². The molecule has 0 amide bonds.